The lowest BCUT2D eigenvalue weighted by atomic mass is 10.2. The number of carbonyl (C=O) groups is 1. The molecule has 0 spiro atoms. The van der Waals surface area contributed by atoms with Crippen LogP contribution < -0.4 is 10.6 Å². The largest absolute Gasteiger partial charge is 0.478 e. The molecule has 0 amide bonds. The van der Waals surface area contributed by atoms with Crippen molar-refractivity contribution in [2.45, 2.75) is 6.54 Å². The van der Waals surface area contributed by atoms with E-state index in [1.807, 2.05) is 17.3 Å². The Labute approximate surface area is 108 Å². The van der Waals surface area contributed by atoms with Crippen LogP contribution in [0, 0.1) is 0 Å². The van der Waals surface area contributed by atoms with Crippen LogP contribution in [0.5, 0.6) is 0 Å². The Hall–Kier alpha value is -2.15. The van der Waals surface area contributed by atoms with E-state index in [9.17, 15) is 4.79 Å². The normalized spacial score (nSPS) is 10.3. The number of carboxylic acid groups (broad SMARTS) is 1. The fourth-order valence-electron chi connectivity index (χ4n) is 1.54. The van der Waals surface area contributed by atoms with Crippen molar-refractivity contribution in [2.75, 3.05) is 17.7 Å². The van der Waals surface area contributed by atoms with E-state index in [2.05, 4.69) is 9.97 Å². The summed E-state index contributed by atoms with van der Waals surface area (Å²) in [5.74, 6) is -0.490. The number of nitrogen functional groups attached to an aromatic ring is 1. The van der Waals surface area contributed by atoms with Crippen molar-refractivity contribution in [1.29, 1.82) is 0 Å². The average Bonchev–Trinajstić information content (AvgIpc) is 2.81. The predicted molar refractivity (Wildman–Crippen MR) is 69.8 cm³/mol. The number of hydrogen-bond acceptors (Lipinski definition) is 6. The van der Waals surface area contributed by atoms with Crippen molar-refractivity contribution >= 4 is 28.8 Å². The summed E-state index contributed by atoms with van der Waals surface area (Å²) in [6.07, 6.45) is 1.30. The molecule has 0 aliphatic heterocycles. The highest BCUT2D eigenvalue weighted by Gasteiger charge is 2.12. The highest BCUT2D eigenvalue weighted by molar-refractivity contribution is 7.07. The molecule has 0 fully saturated rings. The molecule has 0 bridgehead atoms. The maximum absolute atomic E-state index is 10.8. The van der Waals surface area contributed by atoms with Crippen LogP contribution in [0.4, 0.5) is 11.5 Å². The number of hydrogen-bond donors (Lipinski definition) is 2. The first-order valence-corrected chi connectivity index (χ1v) is 6.09. The van der Waals surface area contributed by atoms with E-state index in [1.165, 1.54) is 23.6 Å². The topological polar surface area (TPSA) is 92.3 Å². The summed E-state index contributed by atoms with van der Waals surface area (Å²) in [6, 6.07) is 1.40. The quantitative estimate of drug-likeness (QED) is 0.868. The Bertz CT molecular complexity index is 556. The number of anilines is 2. The van der Waals surface area contributed by atoms with E-state index < -0.39 is 5.97 Å². The Morgan fingerprint density at radius 2 is 2.33 bits per heavy atom. The van der Waals surface area contributed by atoms with Gasteiger partial charge in [-0.05, 0) is 6.07 Å². The molecule has 2 heterocycles. The molecular weight excluding hydrogens is 252 g/mol. The van der Waals surface area contributed by atoms with E-state index in [4.69, 9.17) is 10.8 Å². The average molecular weight is 264 g/mol. The molecule has 2 aromatic heterocycles. The third-order valence-electron chi connectivity index (χ3n) is 2.39. The zero-order valence-electron chi connectivity index (χ0n) is 9.70. The molecule has 2 rings (SSSR count). The molecular formula is C11H12N4O2S. The van der Waals surface area contributed by atoms with Crippen LogP contribution in [0.15, 0.2) is 23.2 Å². The molecule has 0 aromatic carbocycles. The lowest BCUT2D eigenvalue weighted by Gasteiger charge is -2.18. The maximum atomic E-state index is 10.8. The minimum Gasteiger partial charge on any atom is -0.478 e. The highest BCUT2D eigenvalue weighted by Crippen LogP contribution is 2.21. The van der Waals surface area contributed by atoms with Gasteiger partial charge in [-0.2, -0.15) is 0 Å². The van der Waals surface area contributed by atoms with E-state index in [-0.39, 0.29) is 5.56 Å². The van der Waals surface area contributed by atoms with Gasteiger partial charge in [0.05, 0.1) is 29.0 Å². The number of thiazole rings is 1. The molecule has 0 saturated heterocycles. The van der Waals surface area contributed by atoms with Gasteiger partial charge in [0, 0.05) is 18.6 Å². The summed E-state index contributed by atoms with van der Waals surface area (Å²) in [5.41, 5.74) is 8.91. The Morgan fingerprint density at radius 1 is 1.56 bits per heavy atom. The summed E-state index contributed by atoms with van der Waals surface area (Å²) in [5, 5.41) is 10.8. The third-order valence-corrected chi connectivity index (χ3v) is 3.02. The predicted octanol–water partition coefficient (Wildman–Crippen LogP) is 1.45. The number of nitrogens with two attached hydrogens (primary N) is 1. The van der Waals surface area contributed by atoms with Crippen molar-refractivity contribution in [2.24, 2.45) is 0 Å². The van der Waals surface area contributed by atoms with Gasteiger partial charge in [-0.3, -0.25) is 0 Å². The first-order valence-electron chi connectivity index (χ1n) is 5.15. The smallest absolute Gasteiger partial charge is 0.337 e. The Morgan fingerprint density at radius 3 is 2.89 bits per heavy atom. The van der Waals surface area contributed by atoms with Gasteiger partial charge in [0.25, 0.3) is 0 Å². The number of aromatic nitrogens is 2. The number of nitrogens with zero attached hydrogens (tertiary/aromatic N) is 3. The van der Waals surface area contributed by atoms with Gasteiger partial charge in [0.15, 0.2) is 5.82 Å². The Kier molecular flexibility index (Phi) is 3.42. The van der Waals surface area contributed by atoms with Gasteiger partial charge in [-0.1, -0.05) is 0 Å². The fourth-order valence-corrected chi connectivity index (χ4v) is 2.09. The number of rotatable bonds is 4. The van der Waals surface area contributed by atoms with Gasteiger partial charge >= 0.3 is 5.97 Å². The van der Waals surface area contributed by atoms with Gasteiger partial charge in [0.1, 0.15) is 0 Å². The van der Waals surface area contributed by atoms with Crippen molar-refractivity contribution in [3.8, 4) is 0 Å². The summed E-state index contributed by atoms with van der Waals surface area (Å²) in [7, 11) is 1.83. The van der Waals surface area contributed by atoms with Gasteiger partial charge in [-0.25, -0.2) is 14.8 Å². The van der Waals surface area contributed by atoms with Crippen molar-refractivity contribution in [1.82, 2.24) is 9.97 Å². The number of aromatic carboxylic acids is 1. The van der Waals surface area contributed by atoms with Crippen LogP contribution in [0.1, 0.15) is 16.1 Å². The monoisotopic (exact) mass is 264 g/mol. The molecule has 0 unspecified atom stereocenters. The minimum absolute atomic E-state index is 0.0818. The van der Waals surface area contributed by atoms with Crippen molar-refractivity contribution < 1.29 is 9.90 Å². The van der Waals surface area contributed by atoms with Crippen molar-refractivity contribution in [3.63, 3.8) is 0 Å². The molecule has 7 heteroatoms. The Balaban J connectivity index is 2.20. The van der Waals surface area contributed by atoms with Crippen LogP contribution in [-0.2, 0) is 6.54 Å². The molecule has 0 aliphatic rings. The van der Waals surface area contributed by atoms with Crippen LogP contribution >= 0.6 is 11.3 Å². The molecule has 3 N–H and O–H groups in total. The molecule has 0 atom stereocenters. The molecule has 6 nitrogen and oxygen atoms in total. The van der Waals surface area contributed by atoms with E-state index in [0.29, 0.717) is 18.1 Å². The van der Waals surface area contributed by atoms with E-state index in [0.717, 1.165) is 5.69 Å². The molecule has 2 aromatic rings. The summed E-state index contributed by atoms with van der Waals surface area (Å²) in [6.45, 7) is 0.577. The van der Waals surface area contributed by atoms with Crippen LogP contribution in [0.3, 0.4) is 0 Å². The molecule has 94 valence electrons. The first kappa shape index (κ1) is 12.3. The minimum atomic E-state index is -1.04. The molecule has 18 heavy (non-hydrogen) atoms. The summed E-state index contributed by atoms with van der Waals surface area (Å²) in [4.78, 5) is 20.8. The zero-order chi connectivity index (χ0) is 13.1. The van der Waals surface area contributed by atoms with Crippen molar-refractivity contribution in [3.05, 3.63) is 34.4 Å². The second kappa shape index (κ2) is 5.01. The van der Waals surface area contributed by atoms with Crippen LogP contribution in [0.2, 0.25) is 0 Å². The molecule has 0 radical (unpaired) electrons. The van der Waals surface area contributed by atoms with Crippen LogP contribution in [-0.4, -0.2) is 28.1 Å². The zero-order valence-corrected chi connectivity index (χ0v) is 10.5. The number of pyridine rings is 1. The molecule has 0 aliphatic carbocycles. The lowest BCUT2D eigenvalue weighted by Crippen LogP contribution is -2.19. The van der Waals surface area contributed by atoms with Gasteiger partial charge < -0.3 is 15.7 Å². The highest BCUT2D eigenvalue weighted by atomic mass is 32.1. The second-order valence-electron chi connectivity index (χ2n) is 3.78. The SMILES string of the molecule is CN(Cc1cscn1)c1ncc(C(=O)O)cc1N. The lowest BCUT2D eigenvalue weighted by molar-refractivity contribution is 0.0696. The summed E-state index contributed by atoms with van der Waals surface area (Å²) < 4.78 is 0. The summed E-state index contributed by atoms with van der Waals surface area (Å²) >= 11 is 1.52. The van der Waals surface area contributed by atoms with Gasteiger partial charge in [0.2, 0.25) is 0 Å². The van der Waals surface area contributed by atoms with E-state index >= 15 is 0 Å². The standard InChI is InChI=1S/C11H12N4O2S/c1-15(4-8-5-18-6-14-8)10-9(12)2-7(3-13-10)11(16)17/h2-3,5-6H,4,12H2,1H3,(H,16,17). The first-order chi connectivity index (χ1) is 8.58. The fraction of sp³-hybridized carbons (Fsp3) is 0.182. The third kappa shape index (κ3) is 2.57. The second-order valence-corrected chi connectivity index (χ2v) is 4.50. The maximum Gasteiger partial charge on any atom is 0.337 e. The van der Waals surface area contributed by atoms with Crippen LogP contribution in [0.25, 0.3) is 0 Å². The van der Waals surface area contributed by atoms with E-state index in [1.54, 1.807) is 5.51 Å². The molecule has 0 saturated carbocycles. The van der Waals surface area contributed by atoms with Gasteiger partial charge in [-0.15, -0.1) is 11.3 Å². The number of carboxylic acids is 1.